The Morgan fingerprint density at radius 2 is 1.92 bits per heavy atom. The molecule has 1 aliphatic rings. The Balaban J connectivity index is 1.84. The van der Waals surface area contributed by atoms with Crippen LogP contribution in [0.5, 0.6) is 0 Å². The number of aryl methyl sites for hydroxylation is 2. The molecule has 0 spiro atoms. The maximum absolute atomic E-state index is 10.7. The predicted molar refractivity (Wildman–Crippen MR) is 94.2 cm³/mol. The molecular formula is C18H24ClN3O2. The lowest BCUT2D eigenvalue weighted by atomic mass is 9.94. The van der Waals surface area contributed by atoms with E-state index < -0.39 is 6.10 Å². The number of aliphatic hydroxyl groups excluding tert-OH is 2. The predicted octanol–water partition coefficient (Wildman–Crippen LogP) is 2.01. The first-order chi connectivity index (χ1) is 11.4. The number of benzene rings is 1. The Hall–Kier alpha value is -1.40. The Kier molecular flexibility index (Phi) is 4.97. The van der Waals surface area contributed by atoms with Crippen molar-refractivity contribution < 1.29 is 10.2 Å². The second kappa shape index (κ2) is 6.84. The van der Waals surface area contributed by atoms with E-state index in [-0.39, 0.29) is 18.6 Å². The summed E-state index contributed by atoms with van der Waals surface area (Å²) in [4.78, 5) is 2.15. The van der Waals surface area contributed by atoms with E-state index >= 15 is 0 Å². The van der Waals surface area contributed by atoms with Crippen LogP contribution in [-0.4, -0.2) is 50.2 Å². The molecule has 3 rings (SSSR count). The number of rotatable bonds is 4. The molecule has 1 aromatic heterocycles. The number of aromatic nitrogens is 2. The first kappa shape index (κ1) is 17.4. The maximum Gasteiger partial charge on any atom is 0.0798 e. The molecule has 6 heteroatoms. The quantitative estimate of drug-likeness (QED) is 0.886. The lowest BCUT2D eigenvalue weighted by Crippen LogP contribution is -2.38. The van der Waals surface area contributed by atoms with Crippen molar-refractivity contribution >= 4 is 11.6 Å². The van der Waals surface area contributed by atoms with E-state index in [0.29, 0.717) is 18.1 Å². The molecule has 0 saturated carbocycles. The molecule has 2 heterocycles. The van der Waals surface area contributed by atoms with Gasteiger partial charge < -0.3 is 10.2 Å². The third-order valence-electron chi connectivity index (χ3n) is 5.21. The first-order valence-corrected chi connectivity index (χ1v) is 8.57. The Morgan fingerprint density at radius 3 is 2.46 bits per heavy atom. The van der Waals surface area contributed by atoms with Crippen molar-refractivity contribution in [2.75, 3.05) is 13.2 Å². The molecule has 0 unspecified atom stereocenters. The highest BCUT2D eigenvalue weighted by molar-refractivity contribution is 6.30. The van der Waals surface area contributed by atoms with Crippen LogP contribution in [0, 0.1) is 13.8 Å². The zero-order chi connectivity index (χ0) is 17.4. The monoisotopic (exact) mass is 349 g/mol. The molecule has 0 bridgehead atoms. The van der Waals surface area contributed by atoms with Gasteiger partial charge in [-0.3, -0.25) is 9.58 Å². The van der Waals surface area contributed by atoms with Gasteiger partial charge in [0.2, 0.25) is 0 Å². The molecule has 3 atom stereocenters. The average Bonchev–Trinajstić information content (AvgIpc) is 2.99. The fourth-order valence-corrected chi connectivity index (χ4v) is 3.77. The fourth-order valence-electron chi connectivity index (χ4n) is 3.65. The summed E-state index contributed by atoms with van der Waals surface area (Å²) in [6.07, 6.45) is -0.603. The summed E-state index contributed by atoms with van der Waals surface area (Å²) in [5.74, 6) is -0.0308. The Morgan fingerprint density at radius 1 is 1.25 bits per heavy atom. The summed E-state index contributed by atoms with van der Waals surface area (Å²) >= 11 is 5.96. The van der Waals surface area contributed by atoms with E-state index in [1.165, 1.54) is 5.56 Å². The molecule has 130 valence electrons. The molecule has 2 N–H and O–H groups in total. The van der Waals surface area contributed by atoms with Gasteiger partial charge in [-0.05, 0) is 31.5 Å². The number of hydrogen-bond acceptors (Lipinski definition) is 4. The summed E-state index contributed by atoms with van der Waals surface area (Å²) in [6, 6.07) is 7.32. The highest BCUT2D eigenvalue weighted by atomic mass is 35.5. The summed E-state index contributed by atoms with van der Waals surface area (Å²) in [6.45, 7) is 5.36. The second-order valence-corrected chi connectivity index (χ2v) is 7.04. The highest BCUT2D eigenvalue weighted by Crippen LogP contribution is 2.34. The third kappa shape index (κ3) is 3.09. The standard InChI is InChI=1S/C18H24ClN3O2/c1-11-15(12(2)21(3)20-11)8-22-9-16(18(24)17(22)10-23)13-4-6-14(19)7-5-13/h4-7,16-18,23-24H,8-10H2,1-3H3/t16-,17-,18-/m1/s1. The lowest BCUT2D eigenvalue weighted by Gasteiger charge is -2.24. The summed E-state index contributed by atoms with van der Waals surface area (Å²) in [7, 11) is 1.94. The van der Waals surface area contributed by atoms with Gasteiger partial charge in [0.1, 0.15) is 0 Å². The number of hydrogen-bond donors (Lipinski definition) is 2. The minimum absolute atomic E-state index is 0.0308. The van der Waals surface area contributed by atoms with Gasteiger partial charge in [-0.15, -0.1) is 0 Å². The van der Waals surface area contributed by atoms with Gasteiger partial charge >= 0.3 is 0 Å². The first-order valence-electron chi connectivity index (χ1n) is 8.20. The number of aliphatic hydroxyl groups is 2. The second-order valence-electron chi connectivity index (χ2n) is 6.60. The smallest absolute Gasteiger partial charge is 0.0798 e. The molecule has 1 aromatic carbocycles. The van der Waals surface area contributed by atoms with Crippen LogP contribution < -0.4 is 0 Å². The van der Waals surface area contributed by atoms with Crippen molar-refractivity contribution in [1.29, 1.82) is 0 Å². The van der Waals surface area contributed by atoms with Gasteiger partial charge in [-0.25, -0.2) is 0 Å². The van der Waals surface area contributed by atoms with Crippen molar-refractivity contribution in [2.24, 2.45) is 7.05 Å². The minimum Gasteiger partial charge on any atom is -0.395 e. The summed E-state index contributed by atoms with van der Waals surface area (Å²) in [5, 5.41) is 25.6. The summed E-state index contributed by atoms with van der Waals surface area (Å²) < 4.78 is 1.88. The number of likely N-dealkylation sites (tertiary alicyclic amines) is 1. The van der Waals surface area contributed by atoms with E-state index in [4.69, 9.17) is 11.6 Å². The zero-order valence-corrected chi connectivity index (χ0v) is 15.0. The highest BCUT2D eigenvalue weighted by Gasteiger charge is 2.41. The van der Waals surface area contributed by atoms with Gasteiger partial charge in [0.25, 0.3) is 0 Å². The molecule has 0 amide bonds. The van der Waals surface area contributed by atoms with Crippen LogP contribution in [0.4, 0.5) is 0 Å². The topological polar surface area (TPSA) is 61.5 Å². The minimum atomic E-state index is -0.603. The van der Waals surface area contributed by atoms with Gasteiger partial charge in [0.05, 0.1) is 24.4 Å². The molecule has 5 nitrogen and oxygen atoms in total. The van der Waals surface area contributed by atoms with Crippen molar-refractivity contribution in [2.45, 2.75) is 38.5 Å². The Bertz CT molecular complexity index is 714. The largest absolute Gasteiger partial charge is 0.395 e. The van der Waals surface area contributed by atoms with E-state index in [9.17, 15) is 10.2 Å². The van der Waals surface area contributed by atoms with Crippen LogP contribution in [0.25, 0.3) is 0 Å². The number of nitrogens with zero attached hydrogens (tertiary/aromatic N) is 3. The van der Waals surface area contributed by atoms with Crippen LogP contribution in [0.1, 0.15) is 28.4 Å². The maximum atomic E-state index is 10.7. The zero-order valence-electron chi connectivity index (χ0n) is 14.3. The van der Waals surface area contributed by atoms with Crippen LogP contribution in [-0.2, 0) is 13.6 Å². The molecule has 1 aliphatic heterocycles. The molecule has 2 aromatic rings. The summed E-state index contributed by atoms with van der Waals surface area (Å²) in [5.41, 5.74) is 4.33. The SMILES string of the molecule is Cc1nn(C)c(C)c1CN1C[C@H](c2ccc(Cl)cc2)[C@@H](O)[C@H]1CO. The van der Waals surface area contributed by atoms with Crippen molar-refractivity contribution in [1.82, 2.24) is 14.7 Å². The molecule has 1 fully saturated rings. The number of halogens is 1. The Labute approximate surface area is 147 Å². The molecule has 0 aliphatic carbocycles. The van der Waals surface area contributed by atoms with E-state index in [1.807, 2.05) is 49.8 Å². The average molecular weight is 350 g/mol. The van der Waals surface area contributed by atoms with E-state index in [1.54, 1.807) is 0 Å². The normalized spacial score (nSPS) is 24.7. The van der Waals surface area contributed by atoms with Crippen molar-refractivity contribution in [3.8, 4) is 0 Å². The van der Waals surface area contributed by atoms with E-state index in [0.717, 1.165) is 17.0 Å². The molecule has 0 radical (unpaired) electrons. The van der Waals surface area contributed by atoms with Gasteiger partial charge in [0, 0.05) is 42.3 Å². The van der Waals surface area contributed by atoms with Gasteiger partial charge in [0.15, 0.2) is 0 Å². The third-order valence-corrected chi connectivity index (χ3v) is 5.46. The van der Waals surface area contributed by atoms with E-state index in [2.05, 4.69) is 10.00 Å². The van der Waals surface area contributed by atoms with Crippen LogP contribution in [0.2, 0.25) is 5.02 Å². The van der Waals surface area contributed by atoms with Gasteiger partial charge in [-0.1, -0.05) is 23.7 Å². The lowest BCUT2D eigenvalue weighted by molar-refractivity contribution is 0.0639. The van der Waals surface area contributed by atoms with Gasteiger partial charge in [-0.2, -0.15) is 5.10 Å². The molecule has 24 heavy (non-hydrogen) atoms. The molecule has 1 saturated heterocycles. The van der Waals surface area contributed by atoms with Crippen LogP contribution >= 0.6 is 11.6 Å². The fraction of sp³-hybridized carbons (Fsp3) is 0.500. The van der Waals surface area contributed by atoms with Crippen molar-refractivity contribution in [3.63, 3.8) is 0 Å². The van der Waals surface area contributed by atoms with Crippen LogP contribution in [0.3, 0.4) is 0 Å². The van der Waals surface area contributed by atoms with Crippen LogP contribution in [0.15, 0.2) is 24.3 Å². The van der Waals surface area contributed by atoms with Crippen molar-refractivity contribution in [3.05, 3.63) is 51.8 Å². The molecular weight excluding hydrogens is 326 g/mol.